The van der Waals surface area contributed by atoms with Crippen molar-refractivity contribution in [3.63, 3.8) is 0 Å². The van der Waals surface area contributed by atoms with E-state index in [1.165, 1.54) is 0 Å². The Morgan fingerprint density at radius 3 is 2.42 bits per heavy atom. The van der Waals surface area contributed by atoms with Crippen LogP contribution in [-0.4, -0.2) is 19.1 Å². The van der Waals surface area contributed by atoms with Crippen molar-refractivity contribution in [2.45, 2.75) is 33.1 Å². The maximum absolute atomic E-state index is 11.8. The summed E-state index contributed by atoms with van der Waals surface area (Å²) in [6.07, 6.45) is 2.66. The third-order valence-corrected chi connectivity index (χ3v) is 3.15. The van der Waals surface area contributed by atoms with Crippen molar-refractivity contribution in [2.24, 2.45) is 11.7 Å². The lowest BCUT2D eigenvalue weighted by atomic mass is 9.99. The highest BCUT2D eigenvalue weighted by Crippen LogP contribution is 2.17. The van der Waals surface area contributed by atoms with Gasteiger partial charge in [0.25, 0.3) is 0 Å². The lowest BCUT2D eigenvalue weighted by Crippen LogP contribution is -2.16. The monoisotopic (exact) mass is 264 g/mol. The molecule has 0 aliphatic carbocycles. The zero-order valence-corrected chi connectivity index (χ0v) is 11.8. The number of nitrogens with one attached hydrogen (secondary N) is 1. The van der Waals surface area contributed by atoms with Crippen molar-refractivity contribution < 1.29 is 9.53 Å². The van der Waals surface area contributed by atoms with Crippen LogP contribution in [0, 0.1) is 5.92 Å². The number of carbonyl (C=O) groups excluding carboxylic acids is 1. The highest BCUT2D eigenvalue weighted by Gasteiger charge is 2.10. The quantitative estimate of drug-likeness (QED) is 0.759. The van der Waals surface area contributed by atoms with E-state index in [0.29, 0.717) is 25.5 Å². The van der Waals surface area contributed by atoms with Gasteiger partial charge >= 0.3 is 0 Å². The van der Waals surface area contributed by atoms with Crippen LogP contribution >= 0.6 is 0 Å². The summed E-state index contributed by atoms with van der Waals surface area (Å²) < 4.78 is 5.38. The molecule has 106 valence electrons. The fraction of sp³-hybridized carbons (Fsp3) is 0.533. The maximum atomic E-state index is 11.8. The molecule has 0 bridgehead atoms. The van der Waals surface area contributed by atoms with Crippen LogP contribution in [0.5, 0.6) is 5.75 Å². The highest BCUT2D eigenvalue weighted by molar-refractivity contribution is 5.90. The van der Waals surface area contributed by atoms with Crippen LogP contribution < -0.4 is 15.8 Å². The Morgan fingerprint density at radius 1 is 1.26 bits per heavy atom. The van der Waals surface area contributed by atoms with Crippen molar-refractivity contribution in [1.82, 2.24) is 0 Å². The summed E-state index contributed by atoms with van der Waals surface area (Å²) in [5.74, 6) is 1.31. The molecule has 0 saturated carbocycles. The third kappa shape index (κ3) is 5.75. The molecule has 3 N–H and O–H groups in total. The predicted octanol–water partition coefficient (Wildman–Crippen LogP) is 2.79. The molecule has 0 aliphatic heterocycles. The average molecular weight is 264 g/mol. The lowest BCUT2D eigenvalue weighted by molar-refractivity contribution is -0.117. The number of anilines is 1. The van der Waals surface area contributed by atoms with Gasteiger partial charge in [0.2, 0.25) is 5.91 Å². The smallest absolute Gasteiger partial charge is 0.224 e. The Labute approximate surface area is 115 Å². The molecule has 1 rings (SSSR count). The number of benzene rings is 1. The Bertz CT molecular complexity index is 372. The second-order valence-electron chi connectivity index (χ2n) is 4.60. The second-order valence-corrected chi connectivity index (χ2v) is 4.60. The number of amides is 1. The largest absolute Gasteiger partial charge is 0.492 e. The summed E-state index contributed by atoms with van der Waals surface area (Å²) in [4.78, 5) is 11.8. The molecule has 0 spiro atoms. The molecule has 1 amide bonds. The van der Waals surface area contributed by atoms with Crippen LogP contribution in [0.1, 0.15) is 33.1 Å². The van der Waals surface area contributed by atoms with E-state index in [-0.39, 0.29) is 5.91 Å². The van der Waals surface area contributed by atoms with E-state index in [0.717, 1.165) is 24.3 Å². The number of carbonyl (C=O) groups is 1. The van der Waals surface area contributed by atoms with Crippen LogP contribution in [-0.2, 0) is 4.79 Å². The Morgan fingerprint density at radius 2 is 1.89 bits per heavy atom. The van der Waals surface area contributed by atoms with E-state index in [2.05, 4.69) is 19.2 Å². The lowest BCUT2D eigenvalue weighted by Gasteiger charge is -2.12. The second kappa shape index (κ2) is 8.53. The van der Waals surface area contributed by atoms with Crippen LogP contribution in [0.15, 0.2) is 24.3 Å². The van der Waals surface area contributed by atoms with Crippen LogP contribution in [0.25, 0.3) is 0 Å². The first-order valence-corrected chi connectivity index (χ1v) is 6.92. The minimum Gasteiger partial charge on any atom is -0.492 e. The van der Waals surface area contributed by atoms with Crippen LogP contribution in [0.3, 0.4) is 0 Å². The van der Waals surface area contributed by atoms with Gasteiger partial charge in [-0.15, -0.1) is 0 Å². The van der Waals surface area contributed by atoms with Gasteiger partial charge in [0.1, 0.15) is 12.4 Å². The van der Waals surface area contributed by atoms with E-state index < -0.39 is 0 Å². The molecule has 0 aliphatic rings. The molecular weight excluding hydrogens is 240 g/mol. The molecule has 0 heterocycles. The van der Waals surface area contributed by atoms with Gasteiger partial charge in [0.05, 0.1) is 0 Å². The van der Waals surface area contributed by atoms with Crippen molar-refractivity contribution in [1.29, 1.82) is 0 Å². The summed E-state index contributed by atoms with van der Waals surface area (Å²) >= 11 is 0. The zero-order valence-electron chi connectivity index (χ0n) is 11.8. The first-order valence-electron chi connectivity index (χ1n) is 6.92. The Hall–Kier alpha value is -1.55. The molecule has 1 aromatic rings. The molecule has 4 nitrogen and oxygen atoms in total. The maximum Gasteiger partial charge on any atom is 0.224 e. The van der Waals surface area contributed by atoms with Crippen molar-refractivity contribution in [2.75, 3.05) is 18.5 Å². The highest BCUT2D eigenvalue weighted by atomic mass is 16.5. The van der Waals surface area contributed by atoms with E-state index >= 15 is 0 Å². The first-order chi connectivity index (χ1) is 9.19. The normalized spacial score (nSPS) is 10.5. The van der Waals surface area contributed by atoms with E-state index in [9.17, 15) is 4.79 Å². The van der Waals surface area contributed by atoms with Crippen molar-refractivity contribution >= 4 is 11.6 Å². The summed E-state index contributed by atoms with van der Waals surface area (Å²) in [5, 5.41) is 2.91. The standard InChI is InChI=1S/C15H24N2O2/c1-3-12(4-2)11-15(18)17-13-5-7-14(8-6-13)19-10-9-16/h5-8,12H,3-4,9-11,16H2,1-2H3,(H,17,18). The zero-order chi connectivity index (χ0) is 14.1. The molecule has 0 fully saturated rings. The summed E-state index contributed by atoms with van der Waals surface area (Å²) in [7, 11) is 0. The molecule has 1 aromatic carbocycles. The minimum atomic E-state index is 0.0735. The van der Waals surface area contributed by atoms with Gasteiger partial charge in [-0.25, -0.2) is 0 Å². The van der Waals surface area contributed by atoms with Gasteiger partial charge in [-0.1, -0.05) is 26.7 Å². The van der Waals surface area contributed by atoms with Crippen LogP contribution in [0.4, 0.5) is 5.69 Å². The number of rotatable bonds is 8. The summed E-state index contributed by atoms with van der Waals surface area (Å²) in [6, 6.07) is 7.36. The number of hydrogen-bond donors (Lipinski definition) is 2. The molecular formula is C15H24N2O2. The van der Waals surface area contributed by atoms with Crippen molar-refractivity contribution in [3.8, 4) is 5.75 Å². The molecule has 4 heteroatoms. The van der Waals surface area contributed by atoms with Gasteiger partial charge in [-0.2, -0.15) is 0 Å². The third-order valence-electron chi connectivity index (χ3n) is 3.15. The topological polar surface area (TPSA) is 64.3 Å². The predicted molar refractivity (Wildman–Crippen MR) is 78.3 cm³/mol. The fourth-order valence-corrected chi connectivity index (χ4v) is 1.86. The molecule has 0 unspecified atom stereocenters. The molecule has 19 heavy (non-hydrogen) atoms. The molecule has 0 aromatic heterocycles. The van der Waals surface area contributed by atoms with E-state index in [1.807, 2.05) is 24.3 Å². The van der Waals surface area contributed by atoms with E-state index in [4.69, 9.17) is 10.5 Å². The Balaban J connectivity index is 2.46. The molecule has 0 radical (unpaired) electrons. The van der Waals surface area contributed by atoms with Crippen molar-refractivity contribution in [3.05, 3.63) is 24.3 Å². The van der Waals surface area contributed by atoms with Gasteiger partial charge < -0.3 is 15.8 Å². The summed E-state index contributed by atoms with van der Waals surface area (Å²) in [6.45, 7) is 5.23. The van der Waals surface area contributed by atoms with Gasteiger partial charge in [-0.05, 0) is 30.2 Å². The fourth-order valence-electron chi connectivity index (χ4n) is 1.86. The summed E-state index contributed by atoms with van der Waals surface area (Å²) in [5.41, 5.74) is 6.16. The van der Waals surface area contributed by atoms with Gasteiger partial charge in [0, 0.05) is 18.7 Å². The van der Waals surface area contributed by atoms with Gasteiger partial charge in [0.15, 0.2) is 0 Å². The van der Waals surface area contributed by atoms with Gasteiger partial charge in [-0.3, -0.25) is 4.79 Å². The minimum absolute atomic E-state index is 0.0735. The molecule has 0 saturated heterocycles. The first kappa shape index (κ1) is 15.5. The average Bonchev–Trinajstić information content (AvgIpc) is 2.44. The molecule has 0 atom stereocenters. The van der Waals surface area contributed by atoms with Crippen LogP contribution in [0.2, 0.25) is 0 Å². The van der Waals surface area contributed by atoms with E-state index in [1.54, 1.807) is 0 Å². The Kier molecular flexibility index (Phi) is 6.97. The number of hydrogen-bond acceptors (Lipinski definition) is 3. The number of ether oxygens (including phenoxy) is 1. The SMILES string of the molecule is CCC(CC)CC(=O)Nc1ccc(OCCN)cc1. The number of nitrogens with two attached hydrogens (primary N) is 1.